The first kappa shape index (κ1) is 19.2. The number of carbonyl (C=O) groups is 1. The van der Waals surface area contributed by atoms with Crippen molar-refractivity contribution in [3.8, 4) is 0 Å². The van der Waals surface area contributed by atoms with E-state index in [-0.39, 0.29) is 6.04 Å². The van der Waals surface area contributed by atoms with E-state index in [1.54, 1.807) is 0 Å². The molecule has 0 N–H and O–H groups in total. The Hall–Kier alpha value is -2.17. The summed E-state index contributed by atoms with van der Waals surface area (Å²) in [5.41, 5.74) is 2.63. The first-order chi connectivity index (χ1) is 13.8. The van der Waals surface area contributed by atoms with Crippen LogP contribution in [-0.2, 0) is 9.53 Å². The zero-order valence-electron chi connectivity index (χ0n) is 16.5. The molecule has 0 radical (unpaired) electrons. The standard InChI is InChI=1S/C24H30N2O2/c27-23(19-20-11-17-28-18-12-20)25-13-15-26(16-14-25)24(21-7-3-1-4-8-21)22-9-5-2-6-10-22/h1-10,20,24H,11-19H2. The molecule has 2 aromatic carbocycles. The largest absolute Gasteiger partial charge is 0.381 e. The minimum absolute atomic E-state index is 0.246. The van der Waals surface area contributed by atoms with Gasteiger partial charge in [0.15, 0.2) is 0 Å². The highest BCUT2D eigenvalue weighted by molar-refractivity contribution is 5.76. The minimum Gasteiger partial charge on any atom is -0.381 e. The molecule has 2 heterocycles. The lowest BCUT2D eigenvalue weighted by Crippen LogP contribution is -2.50. The summed E-state index contributed by atoms with van der Waals surface area (Å²) in [6, 6.07) is 21.7. The highest BCUT2D eigenvalue weighted by Gasteiger charge is 2.29. The van der Waals surface area contributed by atoms with Crippen molar-refractivity contribution in [1.82, 2.24) is 9.80 Å². The number of carbonyl (C=O) groups excluding carboxylic acids is 1. The van der Waals surface area contributed by atoms with Gasteiger partial charge in [0, 0.05) is 45.8 Å². The Morgan fingerprint density at radius 3 is 1.93 bits per heavy atom. The van der Waals surface area contributed by atoms with E-state index in [2.05, 4.69) is 70.5 Å². The second-order valence-electron chi connectivity index (χ2n) is 7.90. The maximum absolute atomic E-state index is 12.7. The lowest BCUT2D eigenvalue weighted by Gasteiger charge is -2.40. The molecule has 0 saturated carbocycles. The van der Waals surface area contributed by atoms with Crippen LogP contribution in [0.15, 0.2) is 60.7 Å². The first-order valence-electron chi connectivity index (χ1n) is 10.5. The summed E-state index contributed by atoms with van der Waals surface area (Å²) in [5, 5.41) is 0. The van der Waals surface area contributed by atoms with Gasteiger partial charge in [-0.2, -0.15) is 0 Å². The molecule has 0 atom stereocenters. The number of hydrogen-bond acceptors (Lipinski definition) is 3. The lowest BCUT2D eigenvalue weighted by atomic mass is 9.95. The summed E-state index contributed by atoms with van der Waals surface area (Å²) in [5.74, 6) is 0.822. The van der Waals surface area contributed by atoms with E-state index in [1.165, 1.54) is 11.1 Å². The molecule has 0 bridgehead atoms. The summed E-state index contributed by atoms with van der Waals surface area (Å²) in [6.45, 7) is 5.07. The molecule has 4 nitrogen and oxygen atoms in total. The fourth-order valence-corrected chi connectivity index (χ4v) is 4.44. The van der Waals surface area contributed by atoms with Crippen LogP contribution in [-0.4, -0.2) is 55.1 Å². The molecule has 2 aliphatic rings. The van der Waals surface area contributed by atoms with Crippen LogP contribution in [0.1, 0.15) is 36.4 Å². The Kier molecular flexibility index (Phi) is 6.40. The van der Waals surface area contributed by atoms with Gasteiger partial charge < -0.3 is 9.64 Å². The monoisotopic (exact) mass is 378 g/mol. The molecule has 1 amide bonds. The molecule has 0 unspecified atom stereocenters. The van der Waals surface area contributed by atoms with E-state index in [0.29, 0.717) is 18.2 Å². The van der Waals surface area contributed by atoms with Crippen LogP contribution in [0.25, 0.3) is 0 Å². The van der Waals surface area contributed by atoms with Crippen LogP contribution in [0, 0.1) is 5.92 Å². The van der Waals surface area contributed by atoms with Gasteiger partial charge in [-0.15, -0.1) is 0 Å². The fraction of sp³-hybridized carbons (Fsp3) is 0.458. The van der Waals surface area contributed by atoms with Crippen LogP contribution in [0.2, 0.25) is 0 Å². The number of rotatable bonds is 5. The molecule has 0 aromatic heterocycles. The van der Waals surface area contributed by atoms with Crippen molar-refractivity contribution in [3.63, 3.8) is 0 Å². The van der Waals surface area contributed by atoms with Gasteiger partial charge in [0.2, 0.25) is 5.91 Å². The zero-order valence-corrected chi connectivity index (χ0v) is 16.5. The Balaban J connectivity index is 1.41. The minimum atomic E-state index is 0.246. The van der Waals surface area contributed by atoms with Gasteiger partial charge in [0.05, 0.1) is 6.04 Å². The number of piperazine rings is 1. The van der Waals surface area contributed by atoms with Gasteiger partial charge >= 0.3 is 0 Å². The summed E-state index contributed by atoms with van der Waals surface area (Å²) in [6.07, 6.45) is 2.73. The van der Waals surface area contributed by atoms with Gasteiger partial charge in [-0.05, 0) is 29.9 Å². The van der Waals surface area contributed by atoms with Crippen molar-refractivity contribution in [2.75, 3.05) is 39.4 Å². The average Bonchev–Trinajstić information content (AvgIpc) is 2.77. The fourth-order valence-electron chi connectivity index (χ4n) is 4.44. The average molecular weight is 379 g/mol. The molecular weight excluding hydrogens is 348 g/mol. The van der Waals surface area contributed by atoms with Gasteiger partial charge in [-0.1, -0.05) is 60.7 Å². The Morgan fingerprint density at radius 1 is 0.857 bits per heavy atom. The quantitative estimate of drug-likeness (QED) is 0.795. The first-order valence-corrected chi connectivity index (χ1v) is 10.5. The van der Waals surface area contributed by atoms with E-state index >= 15 is 0 Å². The Morgan fingerprint density at radius 2 is 1.39 bits per heavy atom. The van der Waals surface area contributed by atoms with E-state index in [0.717, 1.165) is 52.2 Å². The van der Waals surface area contributed by atoms with E-state index in [1.807, 2.05) is 0 Å². The topological polar surface area (TPSA) is 32.8 Å². The molecule has 2 saturated heterocycles. The van der Waals surface area contributed by atoms with Gasteiger partial charge in [0.1, 0.15) is 0 Å². The highest BCUT2D eigenvalue weighted by atomic mass is 16.5. The van der Waals surface area contributed by atoms with Crippen molar-refractivity contribution in [1.29, 1.82) is 0 Å². The predicted octanol–water partition coefficient (Wildman–Crippen LogP) is 3.74. The highest BCUT2D eigenvalue weighted by Crippen LogP contribution is 2.29. The van der Waals surface area contributed by atoms with E-state index in [9.17, 15) is 4.79 Å². The molecule has 4 rings (SSSR count). The third-order valence-electron chi connectivity index (χ3n) is 6.07. The summed E-state index contributed by atoms with van der Waals surface area (Å²) < 4.78 is 5.42. The molecule has 0 aliphatic carbocycles. The lowest BCUT2D eigenvalue weighted by molar-refractivity contribution is -0.134. The molecule has 0 spiro atoms. The van der Waals surface area contributed by atoms with Crippen LogP contribution in [0.5, 0.6) is 0 Å². The molecular formula is C24H30N2O2. The smallest absolute Gasteiger partial charge is 0.222 e. The van der Waals surface area contributed by atoms with Crippen molar-refractivity contribution in [2.45, 2.75) is 25.3 Å². The van der Waals surface area contributed by atoms with Crippen LogP contribution < -0.4 is 0 Å². The number of amides is 1. The molecule has 2 fully saturated rings. The molecule has 4 heteroatoms. The van der Waals surface area contributed by atoms with Crippen molar-refractivity contribution < 1.29 is 9.53 Å². The number of benzene rings is 2. The second kappa shape index (κ2) is 9.35. The van der Waals surface area contributed by atoms with Gasteiger partial charge in [0.25, 0.3) is 0 Å². The summed E-state index contributed by atoms with van der Waals surface area (Å²) in [7, 11) is 0. The number of hydrogen-bond donors (Lipinski definition) is 0. The van der Waals surface area contributed by atoms with E-state index in [4.69, 9.17) is 4.74 Å². The third-order valence-corrected chi connectivity index (χ3v) is 6.07. The predicted molar refractivity (Wildman–Crippen MR) is 111 cm³/mol. The third kappa shape index (κ3) is 4.62. The van der Waals surface area contributed by atoms with E-state index < -0.39 is 0 Å². The Labute approximate surface area is 168 Å². The van der Waals surface area contributed by atoms with Crippen molar-refractivity contribution in [3.05, 3.63) is 71.8 Å². The number of nitrogens with zero attached hydrogens (tertiary/aromatic N) is 2. The summed E-state index contributed by atoms with van der Waals surface area (Å²) in [4.78, 5) is 17.3. The molecule has 2 aliphatic heterocycles. The second-order valence-corrected chi connectivity index (χ2v) is 7.90. The number of ether oxygens (including phenoxy) is 1. The normalized spacial score (nSPS) is 19.1. The summed E-state index contributed by atoms with van der Waals surface area (Å²) >= 11 is 0. The molecule has 28 heavy (non-hydrogen) atoms. The van der Waals surface area contributed by atoms with Crippen molar-refractivity contribution in [2.24, 2.45) is 5.92 Å². The molecule has 148 valence electrons. The zero-order chi connectivity index (χ0) is 19.2. The Bertz CT molecular complexity index is 696. The maximum atomic E-state index is 12.7. The van der Waals surface area contributed by atoms with Crippen LogP contribution in [0.4, 0.5) is 0 Å². The van der Waals surface area contributed by atoms with Gasteiger partial charge in [-0.3, -0.25) is 9.69 Å². The maximum Gasteiger partial charge on any atom is 0.222 e. The van der Waals surface area contributed by atoms with Crippen molar-refractivity contribution >= 4 is 5.91 Å². The van der Waals surface area contributed by atoms with Crippen LogP contribution >= 0.6 is 0 Å². The van der Waals surface area contributed by atoms with Crippen LogP contribution in [0.3, 0.4) is 0 Å². The molecule has 2 aromatic rings. The van der Waals surface area contributed by atoms with Gasteiger partial charge in [-0.25, -0.2) is 0 Å². The SMILES string of the molecule is O=C(CC1CCOCC1)N1CCN(C(c2ccccc2)c2ccccc2)CC1.